The van der Waals surface area contributed by atoms with Crippen LogP contribution in [0.1, 0.15) is 32.6 Å². The topological polar surface area (TPSA) is 20.2 Å². The molecule has 0 bridgehead atoms. The summed E-state index contributed by atoms with van der Waals surface area (Å²) in [7, 11) is 0. The zero-order valence-corrected chi connectivity index (χ0v) is 6.84. The summed E-state index contributed by atoms with van der Waals surface area (Å²) in [6.07, 6.45) is 6.36. The van der Waals surface area contributed by atoms with Crippen LogP contribution in [0.2, 0.25) is 0 Å². The maximum absolute atomic E-state index is 8.52. The van der Waals surface area contributed by atoms with Gasteiger partial charge in [-0.2, -0.15) is 0 Å². The molecule has 0 spiro atoms. The number of aliphatic hydroxyl groups excluding tert-OH is 1. The molecule has 0 aromatic heterocycles. The van der Waals surface area contributed by atoms with Crippen molar-refractivity contribution in [3.05, 3.63) is 12.7 Å². The smallest absolute Gasteiger partial charge is 0.0431 e. The van der Waals surface area contributed by atoms with E-state index >= 15 is 0 Å². The van der Waals surface area contributed by atoms with Gasteiger partial charge in [-0.25, -0.2) is 0 Å². The summed E-state index contributed by atoms with van der Waals surface area (Å²) in [5.74, 6) is 0.741. The van der Waals surface area contributed by atoms with Crippen molar-refractivity contribution in [3.63, 3.8) is 0 Å². The molecule has 0 heterocycles. The fraction of sp³-hybridized carbons (Fsp3) is 0.778. The molecule has 1 N–H and O–H groups in total. The first kappa shape index (κ1) is 9.70. The van der Waals surface area contributed by atoms with E-state index in [-0.39, 0.29) is 0 Å². The van der Waals surface area contributed by atoms with Crippen LogP contribution < -0.4 is 0 Å². The fourth-order valence-electron chi connectivity index (χ4n) is 0.986. The van der Waals surface area contributed by atoms with E-state index in [0.29, 0.717) is 6.61 Å². The largest absolute Gasteiger partial charge is 0.396 e. The second-order valence-electron chi connectivity index (χ2n) is 2.84. The lowest BCUT2D eigenvalue weighted by Gasteiger charge is -2.07. The second kappa shape index (κ2) is 6.81. The number of hydrogen-bond donors (Lipinski definition) is 1. The Labute approximate surface area is 63.8 Å². The highest BCUT2D eigenvalue weighted by Gasteiger charge is 1.98. The number of rotatable bonds is 6. The van der Waals surface area contributed by atoms with Gasteiger partial charge in [-0.3, -0.25) is 0 Å². The monoisotopic (exact) mass is 142 g/mol. The van der Waals surface area contributed by atoms with Crippen molar-refractivity contribution in [2.45, 2.75) is 32.6 Å². The van der Waals surface area contributed by atoms with Crippen molar-refractivity contribution in [2.75, 3.05) is 6.61 Å². The summed E-state index contributed by atoms with van der Waals surface area (Å²) in [5.41, 5.74) is 0. The van der Waals surface area contributed by atoms with Gasteiger partial charge < -0.3 is 5.11 Å². The molecule has 1 unspecified atom stereocenters. The van der Waals surface area contributed by atoms with Crippen LogP contribution in [0.15, 0.2) is 12.7 Å². The van der Waals surface area contributed by atoms with Crippen molar-refractivity contribution < 1.29 is 5.11 Å². The molecule has 0 aliphatic heterocycles. The predicted octanol–water partition coefficient (Wildman–Crippen LogP) is 2.36. The zero-order chi connectivity index (χ0) is 7.82. The lowest BCUT2D eigenvalue weighted by atomic mass is 10.0. The Morgan fingerprint density at radius 3 is 2.70 bits per heavy atom. The summed E-state index contributed by atoms with van der Waals surface area (Å²) in [6.45, 7) is 6.22. The Morgan fingerprint density at radius 2 is 2.20 bits per heavy atom. The Morgan fingerprint density at radius 1 is 1.50 bits per heavy atom. The third-order valence-electron chi connectivity index (χ3n) is 1.72. The average molecular weight is 142 g/mol. The lowest BCUT2D eigenvalue weighted by Crippen LogP contribution is -1.95. The molecule has 10 heavy (non-hydrogen) atoms. The van der Waals surface area contributed by atoms with Crippen LogP contribution in [0.25, 0.3) is 0 Å². The molecule has 0 saturated carbocycles. The van der Waals surface area contributed by atoms with E-state index in [1.54, 1.807) is 0 Å². The zero-order valence-electron chi connectivity index (χ0n) is 6.84. The van der Waals surface area contributed by atoms with E-state index in [0.717, 1.165) is 25.2 Å². The summed E-state index contributed by atoms with van der Waals surface area (Å²) in [6, 6.07) is 0. The van der Waals surface area contributed by atoms with E-state index in [1.807, 2.05) is 6.08 Å². The maximum atomic E-state index is 8.52. The SMILES string of the molecule is C=CCCC(C)CCCO. The van der Waals surface area contributed by atoms with Crippen molar-refractivity contribution in [1.82, 2.24) is 0 Å². The molecular weight excluding hydrogens is 124 g/mol. The van der Waals surface area contributed by atoms with E-state index < -0.39 is 0 Å². The number of allylic oxidation sites excluding steroid dienone is 1. The highest BCUT2D eigenvalue weighted by molar-refractivity contribution is 4.67. The quantitative estimate of drug-likeness (QED) is 0.564. The van der Waals surface area contributed by atoms with Gasteiger partial charge in [0.05, 0.1) is 0 Å². The summed E-state index contributed by atoms with van der Waals surface area (Å²) in [4.78, 5) is 0. The van der Waals surface area contributed by atoms with E-state index in [9.17, 15) is 0 Å². The third kappa shape index (κ3) is 5.83. The molecule has 0 rings (SSSR count). The van der Waals surface area contributed by atoms with Gasteiger partial charge >= 0.3 is 0 Å². The average Bonchev–Trinajstić information content (AvgIpc) is 1.97. The second-order valence-corrected chi connectivity index (χ2v) is 2.84. The first-order valence-electron chi connectivity index (χ1n) is 4.03. The van der Waals surface area contributed by atoms with Crippen molar-refractivity contribution in [1.29, 1.82) is 0 Å². The molecule has 0 radical (unpaired) electrons. The van der Waals surface area contributed by atoms with Crippen LogP contribution >= 0.6 is 0 Å². The minimum atomic E-state index is 0.332. The Bertz CT molecular complexity index is 78.8. The molecule has 0 aliphatic rings. The van der Waals surface area contributed by atoms with E-state index in [2.05, 4.69) is 13.5 Å². The molecule has 1 heteroatoms. The van der Waals surface area contributed by atoms with Gasteiger partial charge in [-0.05, 0) is 31.6 Å². The highest BCUT2D eigenvalue weighted by Crippen LogP contribution is 2.11. The summed E-state index contributed by atoms with van der Waals surface area (Å²) in [5, 5.41) is 8.52. The standard InChI is InChI=1S/C9H18O/c1-3-4-6-9(2)7-5-8-10/h3,9-10H,1,4-8H2,2H3. The molecule has 1 nitrogen and oxygen atoms in total. The Hall–Kier alpha value is -0.300. The molecular formula is C9H18O. The lowest BCUT2D eigenvalue weighted by molar-refractivity contribution is 0.272. The normalized spacial score (nSPS) is 13.0. The van der Waals surface area contributed by atoms with Crippen LogP contribution in [0.3, 0.4) is 0 Å². The Kier molecular flexibility index (Phi) is 6.61. The molecule has 0 amide bonds. The van der Waals surface area contributed by atoms with Crippen LogP contribution in [-0.4, -0.2) is 11.7 Å². The van der Waals surface area contributed by atoms with Gasteiger partial charge in [-0.15, -0.1) is 6.58 Å². The van der Waals surface area contributed by atoms with Crippen molar-refractivity contribution in [3.8, 4) is 0 Å². The molecule has 0 fully saturated rings. The van der Waals surface area contributed by atoms with Gasteiger partial charge in [0.2, 0.25) is 0 Å². The maximum Gasteiger partial charge on any atom is 0.0431 e. The predicted molar refractivity (Wildman–Crippen MR) is 44.9 cm³/mol. The highest BCUT2D eigenvalue weighted by atomic mass is 16.2. The summed E-state index contributed by atoms with van der Waals surface area (Å²) >= 11 is 0. The minimum absolute atomic E-state index is 0.332. The molecule has 1 atom stereocenters. The van der Waals surface area contributed by atoms with E-state index in [1.165, 1.54) is 6.42 Å². The Balaban J connectivity index is 3.07. The molecule has 0 aliphatic carbocycles. The van der Waals surface area contributed by atoms with Gasteiger partial charge in [-0.1, -0.05) is 13.0 Å². The van der Waals surface area contributed by atoms with Crippen molar-refractivity contribution >= 4 is 0 Å². The molecule has 60 valence electrons. The summed E-state index contributed by atoms with van der Waals surface area (Å²) < 4.78 is 0. The molecule has 0 aromatic rings. The van der Waals surface area contributed by atoms with Gasteiger partial charge in [0, 0.05) is 6.61 Å². The minimum Gasteiger partial charge on any atom is -0.396 e. The van der Waals surface area contributed by atoms with Gasteiger partial charge in [0.15, 0.2) is 0 Å². The van der Waals surface area contributed by atoms with Gasteiger partial charge in [0.25, 0.3) is 0 Å². The van der Waals surface area contributed by atoms with E-state index in [4.69, 9.17) is 5.11 Å². The first-order chi connectivity index (χ1) is 4.81. The number of aliphatic hydroxyl groups is 1. The fourth-order valence-corrected chi connectivity index (χ4v) is 0.986. The van der Waals surface area contributed by atoms with Crippen LogP contribution in [0, 0.1) is 5.92 Å². The third-order valence-corrected chi connectivity index (χ3v) is 1.72. The van der Waals surface area contributed by atoms with Crippen LogP contribution in [-0.2, 0) is 0 Å². The van der Waals surface area contributed by atoms with Crippen LogP contribution in [0.4, 0.5) is 0 Å². The first-order valence-corrected chi connectivity index (χ1v) is 4.03. The van der Waals surface area contributed by atoms with Crippen molar-refractivity contribution in [2.24, 2.45) is 5.92 Å². The van der Waals surface area contributed by atoms with Crippen LogP contribution in [0.5, 0.6) is 0 Å². The number of hydrogen-bond acceptors (Lipinski definition) is 1. The van der Waals surface area contributed by atoms with Gasteiger partial charge in [0.1, 0.15) is 0 Å². The molecule has 0 saturated heterocycles. The molecule has 0 aromatic carbocycles.